The van der Waals surface area contributed by atoms with Gasteiger partial charge in [0.05, 0.1) is 18.1 Å². The van der Waals surface area contributed by atoms with Crippen molar-refractivity contribution in [1.29, 1.82) is 0 Å². The van der Waals surface area contributed by atoms with Crippen molar-refractivity contribution in [3.05, 3.63) is 29.6 Å². The van der Waals surface area contributed by atoms with Gasteiger partial charge < -0.3 is 15.0 Å². The minimum Gasteiger partial charge on any atom is -0.462 e. The smallest absolute Gasteiger partial charge is 0.396 e. The molecule has 0 fully saturated rings. The molecule has 1 aromatic heterocycles. The number of nitrogens with one attached hydrogen (secondary N) is 2. The quantitative estimate of drug-likeness (QED) is 0.629. The van der Waals surface area contributed by atoms with Crippen LogP contribution in [0.25, 0.3) is 11.0 Å². The first kappa shape index (κ1) is 13.1. The highest BCUT2D eigenvalue weighted by atomic mass is 16.5. The third-order valence-corrected chi connectivity index (χ3v) is 2.73. The number of H-pyrrole nitrogens is 1. The Morgan fingerprint density at radius 2 is 2.21 bits per heavy atom. The highest BCUT2D eigenvalue weighted by Crippen LogP contribution is 2.13. The van der Waals surface area contributed by atoms with Gasteiger partial charge >= 0.3 is 11.9 Å². The first-order valence-electron chi connectivity index (χ1n) is 5.91. The molecule has 0 saturated carbocycles. The summed E-state index contributed by atoms with van der Waals surface area (Å²) in [6.07, 6.45) is 0.636. The molecular weight excluding hydrogens is 246 g/mol. The van der Waals surface area contributed by atoms with E-state index >= 15 is 0 Å². The molecule has 0 aliphatic carbocycles. The maximum Gasteiger partial charge on any atom is 0.396 e. The third kappa shape index (κ3) is 3.09. The van der Waals surface area contributed by atoms with E-state index in [-0.39, 0.29) is 0 Å². The lowest BCUT2D eigenvalue weighted by molar-refractivity contribution is -0.152. The molecule has 0 saturated heterocycles. The summed E-state index contributed by atoms with van der Waals surface area (Å²) >= 11 is 0. The van der Waals surface area contributed by atoms with Crippen LogP contribution in [0, 0.1) is 6.92 Å². The molecule has 0 bridgehead atoms. The molecule has 19 heavy (non-hydrogen) atoms. The van der Waals surface area contributed by atoms with Crippen LogP contribution < -0.4 is 5.32 Å². The molecule has 6 heteroatoms. The number of nitrogens with zero attached hydrogens (tertiary/aromatic N) is 1. The summed E-state index contributed by atoms with van der Waals surface area (Å²) in [7, 11) is 1.18. The van der Waals surface area contributed by atoms with E-state index in [0.29, 0.717) is 13.0 Å². The zero-order valence-electron chi connectivity index (χ0n) is 10.8. The van der Waals surface area contributed by atoms with Crippen molar-refractivity contribution >= 4 is 22.9 Å². The maximum absolute atomic E-state index is 11.2. The Hall–Kier alpha value is -2.37. The van der Waals surface area contributed by atoms with Gasteiger partial charge in [-0.1, -0.05) is 6.07 Å². The Labute approximate surface area is 110 Å². The van der Waals surface area contributed by atoms with Crippen LogP contribution in [0.1, 0.15) is 11.4 Å². The molecule has 100 valence electrons. The third-order valence-electron chi connectivity index (χ3n) is 2.73. The highest BCUT2D eigenvalue weighted by molar-refractivity contribution is 6.32. The van der Waals surface area contributed by atoms with Crippen molar-refractivity contribution < 1.29 is 14.3 Å². The van der Waals surface area contributed by atoms with E-state index in [4.69, 9.17) is 0 Å². The number of hydrogen-bond donors (Lipinski definition) is 2. The number of benzene rings is 1. The van der Waals surface area contributed by atoms with Crippen molar-refractivity contribution in [2.75, 3.05) is 13.7 Å². The van der Waals surface area contributed by atoms with Gasteiger partial charge in [0.1, 0.15) is 5.82 Å². The molecular formula is C13H15N3O3. The number of esters is 1. The molecule has 1 aromatic carbocycles. The first-order chi connectivity index (χ1) is 9.10. The molecule has 0 spiro atoms. The summed E-state index contributed by atoms with van der Waals surface area (Å²) in [4.78, 5) is 29.5. The average Bonchev–Trinajstić information content (AvgIpc) is 2.77. The normalized spacial score (nSPS) is 10.4. The Bertz CT molecular complexity index is 619. The van der Waals surface area contributed by atoms with Crippen LogP contribution in [0.2, 0.25) is 0 Å². The highest BCUT2D eigenvalue weighted by Gasteiger charge is 2.12. The fraction of sp³-hybridized carbons (Fsp3) is 0.308. The Balaban J connectivity index is 1.94. The SMILES string of the molecule is COC(=O)C(=O)NCCc1ccc2nc(C)[nH]c2c1. The van der Waals surface area contributed by atoms with Crippen LogP contribution in [0.4, 0.5) is 0 Å². The number of methoxy groups -OCH3 is 1. The molecule has 0 atom stereocenters. The Kier molecular flexibility index (Phi) is 3.79. The molecule has 1 heterocycles. The summed E-state index contributed by atoms with van der Waals surface area (Å²) in [6, 6.07) is 5.86. The van der Waals surface area contributed by atoms with Gasteiger partial charge in [-0.3, -0.25) is 4.79 Å². The second kappa shape index (κ2) is 5.51. The predicted molar refractivity (Wildman–Crippen MR) is 69.6 cm³/mol. The summed E-state index contributed by atoms with van der Waals surface area (Å²) in [5.74, 6) is -0.730. The van der Waals surface area contributed by atoms with E-state index in [2.05, 4.69) is 20.0 Å². The number of aromatic amines is 1. The number of amides is 1. The maximum atomic E-state index is 11.2. The number of ether oxygens (including phenoxy) is 1. The predicted octanol–water partition coefficient (Wildman–Crippen LogP) is 0.703. The first-order valence-corrected chi connectivity index (χ1v) is 5.91. The number of hydrogen-bond acceptors (Lipinski definition) is 4. The summed E-state index contributed by atoms with van der Waals surface area (Å²) in [5, 5.41) is 2.50. The molecule has 0 aliphatic heterocycles. The van der Waals surface area contributed by atoms with Crippen LogP contribution in [-0.2, 0) is 20.7 Å². The van der Waals surface area contributed by atoms with Gasteiger partial charge in [0.2, 0.25) is 0 Å². The lowest BCUT2D eigenvalue weighted by Gasteiger charge is -2.03. The van der Waals surface area contributed by atoms with E-state index in [0.717, 1.165) is 22.4 Å². The molecule has 6 nitrogen and oxygen atoms in total. The molecule has 0 unspecified atom stereocenters. The van der Waals surface area contributed by atoms with Crippen molar-refractivity contribution in [2.45, 2.75) is 13.3 Å². The van der Waals surface area contributed by atoms with Crippen molar-refractivity contribution in [3.63, 3.8) is 0 Å². The van der Waals surface area contributed by atoms with Gasteiger partial charge in [-0.25, -0.2) is 9.78 Å². The van der Waals surface area contributed by atoms with E-state index in [1.54, 1.807) is 0 Å². The topological polar surface area (TPSA) is 84.1 Å². The lowest BCUT2D eigenvalue weighted by atomic mass is 10.1. The summed E-state index contributed by atoms with van der Waals surface area (Å²) in [6.45, 7) is 2.28. The van der Waals surface area contributed by atoms with E-state index in [1.165, 1.54) is 7.11 Å². The fourth-order valence-electron chi connectivity index (χ4n) is 1.83. The second-order valence-electron chi connectivity index (χ2n) is 4.17. The molecule has 2 N–H and O–H groups in total. The van der Waals surface area contributed by atoms with Crippen LogP contribution in [-0.4, -0.2) is 35.5 Å². The van der Waals surface area contributed by atoms with Crippen molar-refractivity contribution in [3.8, 4) is 0 Å². The van der Waals surface area contributed by atoms with Crippen molar-refractivity contribution in [1.82, 2.24) is 15.3 Å². The largest absolute Gasteiger partial charge is 0.462 e. The van der Waals surface area contributed by atoms with E-state index in [9.17, 15) is 9.59 Å². The number of carbonyl (C=O) groups is 2. The van der Waals surface area contributed by atoms with Crippen LogP contribution >= 0.6 is 0 Å². The Morgan fingerprint density at radius 3 is 2.95 bits per heavy atom. The molecule has 0 aliphatic rings. The number of aryl methyl sites for hydroxylation is 1. The van der Waals surface area contributed by atoms with Gasteiger partial charge in [0.15, 0.2) is 0 Å². The van der Waals surface area contributed by atoms with Gasteiger partial charge in [-0.2, -0.15) is 0 Å². The number of fused-ring (bicyclic) bond motifs is 1. The van der Waals surface area contributed by atoms with Gasteiger partial charge in [0.25, 0.3) is 0 Å². The zero-order valence-corrected chi connectivity index (χ0v) is 10.8. The average molecular weight is 261 g/mol. The molecule has 2 rings (SSSR count). The second-order valence-corrected chi connectivity index (χ2v) is 4.17. The molecule has 0 radical (unpaired) electrons. The van der Waals surface area contributed by atoms with Gasteiger partial charge in [-0.05, 0) is 31.0 Å². The monoisotopic (exact) mass is 261 g/mol. The standard InChI is InChI=1S/C13H15N3O3/c1-8-15-10-4-3-9(7-11(10)16-8)5-6-14-12(17)13(18)19-2/h3-4,7H,5-6H2,1-2H3,(H,14,17)(H,15,16). The lowest BCUT2D eigenvalue weighted by Crippen LogP contribution is -2.33. The summed E-state index contributed by atoms with van der Waals surface area (Å²) in [5.41, 5.74) is 2.94. The minimum absolute atomic E-state index is 0.382. The number of imidazole rings is 1. The van der Waals surface area contributed by atoms with Crippen LogP contribution in [0.3, 0.4) is 0 Å². The molecule has 1 amide bonds. The van der Waals surface area contributed by atoms with E-state index < -0.39 is 11.9 Å². The van der Waals surface area contributed by atoms with Crippen molar-refractivity contribution in [2.24, 2.45) is 0 Å². The molecule has 2 aromatic rings. The number of aromatic nitrogens is 2. The van der Waals surface area contributed by atoms with E-state index in [1.807, 2.05) is 25.1 Å². The van der Waals surface area contributed by atoms with Gasteiger partial charge in [0, 0.05) is 6.54 Å². The Morgan fingerprint density at radius 1 is 1.42 bits per heavy atom. The van der Waals surface area contributed by atoms with Crippen LogP contribution in [0.5, 0.6) is 0 Å². The summed E-state index contributed by atoms with van der Waals surface area (Å²) < 4.78 is 4.31. The minimum atomic E-state index is -0.875. The van der Waals surface area contributed by atoms with Crippen LogP contribution in [0.15, 0.2) is 18.2 Å². The number of rotatable bonds is 3. The fourth-order valence-corrected chi connectivity index (χ4v) is 1.83. The number of carbonyl (C=O) groups excluding carboxylic acids is 2. The van der Waals surface area contributed by atoms with Gasteiger partial charge in [-0.15, -0.1) is 0 Å². The zero-order chi connectivity index (χ0) is 13.8.